The van der Waals surface area contributed by atoms with Gasteiger partial charge in [-0.15, -0.1) is 0 Å². The normalized spacial score (nSPS) is 12.0. The van der Waals surface area contributed by atoms with Crippen LogP contribution in [0, 0.1) is 0 Å². The Hall–Kier alpha value is -2.81. The van der Waals surface area contributed by atoms with E-state index in [2.05, 4.69) is 28.2 Å². The standard InChI is InChI=1S/C17H10N2O/c1-2-6-14-10(4-1)11-7-8-12-15(17(11)20-14)16-13(19-12)5-3-9-18-16/h1-9,19H. The fourth-order valence-corrected chi connectivity index (χ4v) is 2.98. The van der Waals surface area contributed by atoms with Gasteiger partial charge in [0, 0.05) is 17.0 Å². The molecule has 5 rings (SSSR count). The molecule has 0 radical (unpaired) electrons. The van der Waals surface area contributed by atoms with E-state index in [9.17, 15) is 0 Å². The summed E-state index contributed by atoms with van der Waals surface area (Å²) in [4.78, 5) is 7.89. The molecule has 2 aromatic carbocycles. The lowest BCUT2D eigenvalue weighted by atomic mass is 10.1. The monoisotopic (exact) mass is 258 g/mol. The fraction of sp³-hybridized carbons (Fsp3) is 0. The maximum Gasteiger partial charge on any atom is 0.146 e. The van der Waals surface area contributed by atoms with Gasteiger partial charge >= 0.3 is 0 Å². The molecule has 0 aliphatic rings. The quantitative estimate of drug-likeness (QED) is 0.440. The van der Waals surface area contributed by atoms with E-state index in [-0.39, 0.29) is 0 Å². The van der Waals surface area contributed by atoms with Crippen LogP contribution in [-0.2, 0) is 0 Å². The van der Waals surface area contributed by atoms with Gasteiger partial charge in [-0.1, -0.05) is 18.2 Å². The summed E-state index contributed by atoms with van der Waals surface area (Å²) in [7, 11) is 0. The molecule has 3 heteroatoms. The third-order valence-corrected chi connectivity index (χ3v) is 3.86. The number of para-hydroxylation sites is 1. The topological polar surface area (TPSA) is 41.8 Å². The molecule has 0 saturated heterocycles. The number of fused-ring (bicyclic) bond motifs is 7. The molecule has 0 unspecified atom stereocenters. The summed E-state index contributed by atoms with van der Waals surface area (Å²) < 4.78 is 6.07. The molecule has 0 bridgehead atoms. The Morgan fingerprint density at radius 1 is 0.850 bits per heavy atom. The second-order valence-electron chi connectivity index (χ2n) is 4.99. The van der Waals surface area contributed by atoms with Crippen molar-refractivity contribution in [3.05, 3.63) is 54.7 Å². The molecule has 0 atom stereocenters. The first kappa shape index (κ1) is 10.0. The summed E-state index contributed by atoms with van der Waals surface area (Å²) in [6, 6.07) is 16.3. The Morgan fingerprint density at radius 3 is 2.80 bits per heavy atom. The summed E-state index contributed by atoms with van der Waals surface area (Å²) in [6.07, 6.45) is 1.82. The van der Waals surface area contributed by atoms with E-state index in [0.29, 0.717) is 0 Å². The number of H-pyrrole nitrogens is 1. The van der Waals surface area contributed by atoms with E-state index in [1.54, 1.807) is 0 Å². The zero-order valence-electron chi connectivity index (χ0n) is 10.6. The van der Waals surface area contributed by atoms with Crippen LogP contribution < -0.4 is 0 Å². The van der Waals surface area contributed by atoms with Gasteiger partial charge < -0.3 is 9.40 Å². The molecule has 0 fully saturated rings. The fourth-order valence-electron chi connectivity index (χ4n) is 2.98. The number of benzene rings is 2. The first-order chi connectivity index (χ1) is 9.92. The van der Waals surface area contributed by atoms with E-state index in [0.717, 1.165) is 43.9 Å². The van der Waals surface area contributed by atoms with Crippen LogP contribution in [0.25, 0.3) is 43.9 Å². The van der Waals surface area contributed by atoms with Crippen molar-refractivity contribution < 1.29 is 4.42 Å². The summed E-state index contributed by atoms with van der Waals surface area (Å²) in [6.45, 7) is 0. The van der Waals surface area contributed by atoms with Crippen molar-refractivity contribution in [3.63, 3.8) is 0 Å². The van der Waals surface area contributed by atoms with Crippen LogP contribution in [0.5, 0.6) is 0 Å². The summed E-state index contributed by atoms with van der Waals surface area (Å²) >= 11 is 0. The molecule has 0 saturated carbocycles. The van der Waals surface area contributed by atoms with E-state index >= 15 is 0 Å². The van der Waals surface area contributed by atoms with Crippen molar-refractivity contribution in [1.29, 1.82) is 0 Å². The minimum Gasteiger partial charge on any atom is -0.455 e. The van der Waals surface area contributed by atoms with Crippen LogP contribution >= 0.6 is 0 Å². The van der Waals surface area contributed by atoms with Gasteiger partial charge in [-0.2, -0.15) is 0 Å². The Bertz CT molecular complexity index is 1100. The van der Waals surface area contributed by atoms with Crippen LogP contribution in [0.15, 0.2) is 59.1 Å². The summed E-state index contributed by atoms with van der Waals surface area (Å²) in [5, 5.41) is 3.35. The van der Waals surface area contributed by atoms with Crippen LogP contribution in [0.3, 0.4) is 0 Å². The molecule has 3 aromatic heterocycles. The number of nitrogens with zero attached hydrogens (tertiary/aromatic N) is 1. The minimum absolute atomic E-state index is 0.911. The first-order valence-corrected chi connectivity index (χ1v) is 6.58. The molecule has 3 heterocycles. The third-order valence-electron chi connectivity index (χ3n) is 3.86. The maximum atomic E-state index is 6.07. The number of hydrogen-bond donors (Lipinski definition) is 1. The lowest BCUT2D eigenvalue weighted by Crippen LogP contribution is -1.72. The van der Waals surface area contributed by atoms with Gasteiger partial charge in [-0.05, 0) is 30.3 Å². The number of rotatable bonds is 0. The zero-order chi connectivity index (χ0) is 13.1. The van der Waals surface area contributed by atoms with E-state index < -0.39 is 0 Å². The second kappa shape index (κ2) is 3.39. The van der Waals surface area contributed by atoms with Crippen molar-refractivity contribution in [1.82, 2.24) is 9.97 Å². The number of nitrogens with one attached hydrogen (secondary N) is 1. The average Bonchev–Trinajstić information content (AvgIpc) is 3.04. The molecule has 0 spiro atoms. The van der Waals surface area contributed by atoms with Crippen molar-refractivity contribution in [2.45, 2.75) is 0 Å². The molecule has 5 aromatic rings. The predicted octanol–water partition coefficient (Wildman–Crippen LogP) is 4.62. The van der Waals surface area contributed by atoms with Gasteiger partial charge in [0.25, 0.3) is 0 Å². The largest absolute Gasteiger partial charge is 0.455 e. The van der Waals surface area contributed by atoms with Gasteiger partial charge in [0.05, 0.1) is 21.9 Å². The van der Waals surface area contributed by atoms with Crippen LogP contribution in [0.1, 0.15) is 0 Å². The zero-order valence-corrected chi connectivity index (χ0v) is 10.6. The highest BCUT2D eigenvalue weighted by Gasteiger charge is 2.14. The number of furan rings is 1. The smallest absolute Gasteiger partial charge is 0.146 e. The van der Waals surface area contributed by atoms with Gasteiger partial charge in [-0.3, -0.25) is 4.98 Å². The average molecular weight is 258 g/mol. The Morgan fingerprint density at radius 2 is 1.80 bits per heavy atom. The van der Waals surface area contributed by atoms with Crippen LogP contribution in [0.4, 0.5) is 0 Å². The van der Waals surface area contributed by atoms with Crippen molar-refractivity contribution in [3.8, 4) is 0 Å². The number of aromatic amines is 1. The van der Waals surface area contributed by atoms with Gasteiger partial charge in [-0.25, -0.2) is 0 Å². The van der Waals surface area contributed by atoms with Crippen molar-refractivity contribution >= 4 is 43.9 Å². The molecule has 0 aliphatic heterocycles. The third kappa shape index (κ3) is 1.12. The molecular weight excluding hydrogens is 248 g/mol. The maximum absolute atomic E-state index is 6.07. The molecule has 0 aliphatic carbocycles. The lowest BCUT2D eigenvalue weighted by molar-refractivity contribution is 0.673. The van der Waals surface area contributed by atoms with Crippen LogP contribution in [-0.4, -0.2) is 9.97 Å². The first-order valence-electron chi connectivity index (χ1n) is 6.58. The Labute approximate surface area is 113 Å². The van der Waals surface area contributed by atoms with Gasteiger partial charge in [0.15, 0.2) is 0 Å². The molecule has 94 valence electrons. The lowest BCUT2D eigenvalue weighted by Gasteiger charge is -1.92. The Balaban J connectivity index is 2.14. The molecule has 20 heavy (non-hydrogen) atoms. The van der Waals surface area contributed by atoms with Crippen molar-refractivity contribution in [2.75, 3.05) is 0 Å². The number of pyridine rings is 1. The van der Waals surface area contributed by atoms with Crippen molar-refractivity contribution in [2.24, 2.45) is 0 Å². The van der Waals surface area contributed by atoms with Gasteiger partial charge in [0.1, 0.15) is 11.2 Å². The highest BCUT2D eigenvalue weighted by atomic mass is 16.3. The second-order valence-corrected chi connectivity index (χ2v) is 4.99. The molecule has 0 amide bonds. The van der Waals surface area contributed by atoms with Crippen LogP contribution in [0.2, 0.25) is 0 Å². The van der Waals surface area contributed by atoms with E-state index in [4.69, 9.17) is 4.42 Å². The highest BCUT2D eigenvalue weighted by Crippen LogP contribution is 2.36. The molecule has 1 N–H and O–H groups in total. The summed E-state index contributed by atoms with van der Waals surface area (Å²) in [5.74, 6) is 0. The SMILES string of the molecule is c1cnc2c(c1)[nH]c1ccc3c4ccccc4oc3c12. The highest BCUT2D eigenvalue weighted by molar-refractivity contribution is 6.21. The van der Waals surface area contributed by atoms with E-state index in [1.165, 1.54) is 0 Å². The summed E-state index contributed by atoms with van der Waals surface area (Å²) in [5.41, 5.74) is 4.89. The number of hydrogen-bond acceptors (Lipinski definition) is 2. The molecular formula is C17H10N2O. The Kier molecular flexibility index (Phi) is 1.70. The van der Waals surface area contributed by atoms with Gasteiger partial charge in [0.2, 0.25) is 0 Å². The molecule has 3 nitrogen and oxygen atoms in total. The number of aromatic nitrogens is 2. The predicted molar refractivity (Wildman–Crippen MR) is 80.9 cm³/mol. The van der Waals surface area contributed by atoms with E-state index in [1.807, 2.05) is 36.5 Å². The minimum atomic E-state index is 0.911.